The molecule has 4 heteroatoms. The SMILES string of the molecule is CCCCCN(O)C(=O)OCC. The number of hydrogen-bond donors (Lipinski definition) is 1. The summed E-state index contributed by atoms with van der Waals surface area (Å²) in [7, 11) is 0. The molecule has 0 aliphatic rings. The molecule has 0 rings (SSSR count). The van der Waals surface area contributed by atoms with Gasteiger partial charge < -0.3 is 4.74 Å². The van der Waals surface area contributed by atoms with Gasteiger partial charge in [0.25, 0.3) is 0 Å². The molecule has 1 amide bonds. The quantitative estimate of drug-likeness (QED) is 0.395. The second-order valence-corrected chi connectivity index (χ2v) is 2.53. The Morgan fingerprint density at radius 2 is 2.08 bits per heavy atom. The normalized spacial score (nSPS) is 9.58. The van der Waals surface area contributed by atoms with Gasteiger partial charge in [0, 0.05) is 0 Å². The summed E-state index contributed by atoms with van der Waals surface area (Å²) in [6, 6.07) is 0. The zero-order valence-corrected chi connectivity index (χ0v) is 7.75. The lowest BCUT2D eigenvalue weighted by Gasteiger charge is -2.13. The first-order valence-electron chi connectivity index (χ1n) is 4.35. The van der Waals surface area contributed by atoms with Gasteiger partial charge in [-0.2, -0.15) is 5.06 Å². The standard InChI is InChI=1S/C8H17NO3/c1-3-5-6-7-9(11)8(10)12-4-2/h11H,3-7H2,1-2H3. The van der Waals surface area contributed by atoms with Gasteiger partial charge in [-0.25, -0.2) is 4.79 Å². The molecule has 0 aromatic heterocycles. The third-order valence-electron chi connectivity index (χ3n) is 1.45. The second kappa shape index (κ2) is 6.91. The van der Waals surface area contributed by atoms with Crippen molar-refractivity contribution < 1.29 is 14.7 Å². The molecule has 4 nitrogen and oxygen atoms in total. The van der Waals surface area contributed by atoms with Crippen LogP contribution in [0.1, 0.15) is 33.1 Å². The molecule has 1 N–H and O–H groups in total. The fourth-order valence-corrected chi connectivity index (χ4v) is 0.801. The molecule has 0 aromatic rings. The Balaban J connectivity index is 3.42. The Hall–Kier alpha value is -0.770. The molecular weight excluding hydrogens is 158 g/mol. The molecule has 72 valence electrons. The summed E-state index contributed by atoms with van der Waals surface area (Å²) < 4.78 is 4.57. The highest BCUT2D eigenvalue weighted by Crippen LogP contribution is 1.97. The number of nitrogens with zero attached hydrogens (tertiary/aromatic N) is 1. The highest BCUT2D eigenvalue weighted by Gasteiger charge is 2.09. The Morgan fingerprint density at radius 1 is 1.42 bits per heavy atom. The Labute approximate surface area is 73.1 Å². The molecule has 12 heavy (non-hydrogen) atoms. The number of hydroxylamine groups is 2. The summed E-state index contributed by atoms with van der Waals surface area (Å²) in [4.78, 5) is 10.8. The van der Waals surface area contributed by atoms with Crippen molar-refractivity contribution in [3.63, 3.8) is 0 Å². The molecule has 0 heterocycles. The predicted octanol–water partition coefficient (Wildman–Crippen LogP) is 2.02. The van der Waals surface area contributed by atoms with Crippen LogP contribution in [0.15, 0.2) is 0 Å². The van der Waals surface area contributed by atoms with Gasteiger partial charge in [-0.3, -0.25) is 5.21 Å². The summed E-state index contributed by atoms with van der Waals surface area (Å²) in [6.45, 7) is 4.42. The van der Waals surface area contributed by atoms with E-state index in [1.807, 2.05) is 0 Å². The molecule has 0 radical (unpaired) electrons. The van der Waals surface area contributed by atoms with Crippen LogP contribution in [0.4, 0.5) is 4.79 Å². The minimum atomic E-state index is -0.659. The van der Waals surface area contributed by atoms with E-state index in [0.29, 0.717) is 18.2 Å². The first-order valence-corrected chi connectivity index (χ1v) is 4.35. The summed E-state index contributed by atoms with van der Waals surface area (Å²) >= 11 is 0. The smallest absolute Gasteiger partial charge is 0.433 e. The largest absolute Gasteiger partial charge is 0.448 e. The van der Waals surface area contributed by atoms with E-state index in [9.17, 15) is 4.79 Å². The highest BCUT2D eigenvalue weighted by molar-refractivity contribution is 5.65. The van der Waals surface area contributed by atoms with Gasteiger partial charge in [0.15, 0.2) is 0 Å². The molecular formula is C8H17NO3. The summed E-state index contributed by atoms with van der Waals surface area (Å²) in [5, 5.41) is 9.66. The molecule has 0 fully saturated rings. The van der Waals surface area contributed by atoms with Crippen LogP contribution in [0.3, 0.4) is 0 Å². The van der Waals surface area contributed by atoms with E-state index < -0.39 is 6.09 Å². The molecule has 0 saturated heterocycles. The van der Waals surface area contributed by atoms with Crippen LogP contribution in [-0.4, -0.2) is 29.5 Å². The molecule has 0 saturated carbocycles. The topological polar surface area (TPSA) is 49.8 Å². The van der Waals surface area contributed by atoms with Gasteiger partial charge >= 0.3 is 6.09 Å². The van der Waals surface area contributed by atoms with E-state index in [1.165, 1.54) is 0 Å². The van der Waals surface area contributed by atoms with E-state index in [0.717, 1.165) is 19.3 Å². The number of rotatable bonds is 5. The minimum absolute atomic E-state index is 0.295. The number of hydrogen-bond acceptors (Lipinski definition) is 3. The Bertz CT molecular complexity index is 127. The summed E-state index contributed by atoms with van der Waals surface area (Å²) in [5.74, 6) is 0. The maximum atomic E-state index is 10.8. The van der Waals surface area contributed by atoms with Crippen molar-refractivity contribution in [1.29, 1.82) is 0 Å². The lowest BCUT2D eigenvalue weighted by atomic mass is 10.2. The van der Waals surface area contributed by atoms with Crippen molar-refractivity contribution in [3.05, 3.63) is 0 Å². The molecule has 0 aliphatic carbocycles. The van der Waals surface area contributed by atoms with Crippen LogP contribution in [0, 0.1) is 0 Å². The first kappa shape index (κ1) is 11.2. The maximum Gasteiger partial charge on any atom is 0.433 e. The Morgan fingerprint density at radius 3 is 2.58 bits per heavy atom. The van der Waals surface area contributed by atoms with E-state index >= 15 is 0 Å². The third kappa shape index (κ3) is 4.96. The van der Waals surface area contributed by atoms with Gasteiger partial charge in [-0.05, 0) is 13.3 Å². The van der Waals surface area contributed by atoms with Gasteiger partial charge in [-0.1, -0.05) is 19.8 Å². The van der Waals surface area contributed by atoms with Crippen LogP contribution in [0.2, 0.25) is 0 Å². The molecule has 0 spiro atoms. The molecule has 0 atom stereocenters. The fourth-order valence-electron chi connectivity index (χ4n) is 0.801. The lowest BCUT2D eigenvalue weighted by molar-refractivity contribution is -0.0738. The number of carbonyl (C=O) groups is 1. The van der Waals surface area contributed by atoms with Gasteiger partial charge in [0.05, 0.1) is 13.2 Å². The van der Waals surface area contributed by atoms with E-state index in [1.54, 1.807) is 6.92 Å². The fraction of sp³-hybridized carbons (Fsp3) is 0.875. The zero-order valence-electron chi connectivity index (χ0n) is 7.75. The predicted molar refractivity (Wildman–Crippen MR) is 45.0 cm³/mol. The second-order valence-electron chi connectivity index (χ2n) is 2.53. The van der Waals surface area contributed by atoms with Crippen LogP contribution in [0.25, 0.3) is 0 Å². The highest BCUT2D eigenvalue weighted by atomic mass is 16.6. The number of unbranched alkanes of at least 4 members (excludes halogenated alkanes) is 2. The van der Waals surface area contributed by atoms with E-state index in [4.69, 9.17) is 5.21 Å². The van der Waals surface area contributed by atoms with Gasteiger partial charge in [0.2, 0.25) is 0 Å². The third-order valence-corrected chi connectivity index (χ3v) is 1.45. The van der Waals surface area contributed by atoms with Crippen LogP contribution < -0.4 is 0 Å². The Kier molecular flexibility index (Phi) is 6.47. The van der Waals surface area contributed by atoms with Crippen molar-refractivity contribution >= 4 is 6.09 Å². The number of carbonyl (C=O) groups excluding carboxylic acids is 1. The first-order chi connectivity index (χ1) is 5.72. The van der Waals surface area contributed by atoms with Crippen molar-refractivity contribution in [2.24, 2.45) is 0 Å². The number of ether oxygens (including phenoxy) is 1. The van der Waals surface area contributed by atoms with Gasteiger partial charge in [-0.15, -0.1) is 0 Å². The van der Waals surface area contributed by atoms with Crippen LogP contribution in [0.5, 0.6) is 0 Å². The van der Waals surface area contributed by atoms with E-state index in [-0.39, 0.29) is 0 Å². The average molecular weight is 175 g/mol. The van der Waals surface area contributed by atoms with Crippen molar-refractivity contribution in [3.8, 4) is 0 Å². The van der Waals surface area contributed by atoms with Crippen molar-refractivity contribution in [2.75, 3.05) is 13.2 Å². The molecule has 0 aromatic carbocycles. The number of amides is 1. The maximum absolute atomic E-state index is 10.8. The molecule has 0 unspecified atom stereocenters. The van der Waals surface area contributed by atoms with Gasteiger partial charge in [0.1, 0.15) is 0 Å². The van der Waals surface area contributed by atoms with Crippen molar-refractivity contribution in [1.82, 2.24) is 5.06 Å². The molecule has 0 bridgehead atoms. The molecule has 0 aliphatic heterocycles. The van der Waals surface area contributed by atoms with Crippen LogP contribution in [-0.2, 0) is 4.74 Å². The van der Waals surface area contributed by atoms with Crippen molar-refractivity contribution in [2.45, 2.75) is 33.1 Å². The van der Waals surface area contributed by atoms with E-state index in [2.05, 4.69) is 11.7 Å². The minimum Gasteiger partial charge on any atom is -0.448 e. The lowest BCUT2D eigenvalue weighted by Crippen LogP contribution is -2.29. The average Bonchev–Trinajstić information content (AvgIpc) is 2.05. The summed E-state index contributed by atoms with van der Waals surface area (Å²) in [5.41, 5.74) is 0. The summed E-state index contributed by atoms with van der Waals surface area (Å²) in [6.07, 6.45) is 2.23. The van der Waals surface area contributed by atoms with Crippen LogP contribution >= 0.6 is 0 Å². The monoisotopic (exact) mass is 175 g/mol. The zero-order chi connectivity index (χ0) is 9.40.